The van der Waals surface area contributed by atoms with Gasteiger partial charge < -0.3 is 15.1 Å². The Bertz CT molecular complexity index is 803. The van der Waals surface area contributed by atoms with Gasteiger partial charge in [-0.25, -0.2) is 0 Å². The van der Waals surface area contributed by atoms with Crippen LogP contribution < -0.4 is 10.6 Å². The van der Waals surface area contributed by atoms with Crippen LogP contribution >= 0.6 is 35.5 Å². The quantitative estimate of drug-likeness (QED) is 0.433. The number of nitrogens with one attached hydrogen (secondary N) is 2. The molecule has 2 heterocycles. The van der Waals surface area contributed by atoms with Gasteiger partial charge in [0.15, 0.2) is 5.76 Å². The van der Waals surface area contributed by atoms with Crippen LogP contribution in [0.5, 0.6) is 0 Å². The van der Waals surface area contributed by atoms with Crippen molar-refractivity contribution in [3.8, 4) is 0 Å². The van der Waals surface area contributed by atoms with E-state index in [9.17, 15) is 4.79 Å². The molecule has 0 saturated heterocycles. The zero-order valence-corrected chi connectivity index (χ0v) is 16.4. The van der Waals surface area contributed by atoms with E-state index in [0.29, 0.717) is 12.3 Å². The molecule has 2 N–H and O–H groups in total. The van der Waals surface area contributed by atoms with Crippen molar-refractivity contribution < 1.29 is 9.21 Å². The number of rotatable bonds is 8. The highest BCUT2D eigenvalue weighted by molar-refractivity contribution is 8.00. The Morgan fingerprint density at radius 2 is 2.04 bits per heavy atom. The van der Waals surface area contributed by atoms with E-state index in [2.05, 4.69) is 22.1 Å². The maximum absolute atomic E-state index is 12.5. The topological polar surface area (TPSA) is 54.3 Å². The fourth-order valence-electron chi connectivity index (χ4n) is 2.46. The first kappa shape index (κ1) is 19.8. The zero-order chi connectivity index (χ0) is 16.8. The molecule has 0 bridgehead atoms. The lowest BCUT2D eigenvalue weighted by molar-refractivity contribution is 0.0927. The lowest BCUT2D eigenvalue weighted by atomic mass is 10.1. The molecule has 25 heavy (non-hydrogen) atoms. The molecule has 1 aromatic carbocycles. The summed E-state index contributed by atoms with van der Waals surface area (Å²) in [5.74, 6) is 1.02. The van der Waals surface area contributed by atoms with Crippen LogP contribution in [0.1, 0.15) is 22.5 Å². The van der Waals surface area contributed by atoms with Crippen molar-refractivity contribution in [3.05, 3.63) is 53.1 Å². The van der Waals surface area contributed by atoms with Crippen molar-refractivity contribution in [3.63, 3.8) is 0 Å². The summed E-state index contributed by atoms with van der Waals surface area (Å²) < 4.78 is 7.09. The molecule has 0 fully saturated rings. The van der Waals surface area contributed by atoms with Crippen LogP contribution in [0.4, 0.5) is 0 Å². The highest BCUT2D eigenvalue weighted by Gasteiger charge is 2.20. The lowest BCUT2D eigenvalue weighted by Crippen LogP contribution is -2.26. The van der Waals surface area contributed by atoms with Crippen LogP contribution in [0.25, 0.3) is 11.0 Å². The van der Waals surface area contributed by atoms with E-state index >= 15 is 0 Å². The van der Waals surface area contributed by atoms with Gasteiger partial charge in [-0.1, -0.05) is 24.3 Å². The van der Waals surface area contributed by atoms with Gasteiger partial charge in [0.25, 0.3) is 5.91 Å². The fraction of sp³-hybridized carbons (Fsp3) is 0.278. The number of amides is 1. The number of benzene rings is 1. The summed E-state index contributed by atoms with van der Waals surface area (Å²) in [4.78, 5) is 12.5. The highest BCUT2D eigenvalue weighted by atomic mass is 35.5. The summed E-state index contributed by atoms with van der Waals surface area (Å²) in [6, 6.07) is 12.0. The summed E-state index contributed by atoms with van der Waals surface area (Å²) in [7, 11) is 1.90. The number of carbonyl (C=O) groups excluding carboxylic acids is 1. The van der Waals surface area contributed by atoms with E-state index < -0.39 is 0 Å². The summed E-state index contributed by atoms with van der Waals surface area (Å²) >= 11 is 3.44. The molecule has 1 amide bonds. The van der Waals surface area contributed by atoms with Crippen molar-refractivity contribution in [2.24, 2.45) is 0 Å². The maximum atomic E-state index is 12.5. The predicted molar refractivity (Wildman–Crippen MR) is 108 cm³/mol. The Kier molecular flexibility index (Phi) is 7.84. The van der Waals surface area contributed by atoms with Gasteiger partial charge in [-0.15, -0.1) is 35.5 Å². The fourth-order valence-corrected chi connectivity index (χ4v) is 4.27. The molecule has 2 aromatic heterocycles. The van der Waals surface area contributed by atoms with Gasteiger partial charge in [-0.05, 0) is 37.5 Å². The van der Waals surface area contributed by atoms with E-state index in [1.807, 2.05) is 37.4 Å². The van der Waals surface area contributed by atoms with Gasteiger partial charge in [0.2, 0.25) is 0 Å². The standard InChI is InChI=1S/C18H20N2O2S2.ClH/c1-19-9-5-10-20-18(21)17-14(12-24-16-8-4-11-23-16)13-6-2-3-7-15(13)22-17;/h2-4,6-8,11,19H,5,9-10,12H2,1H3,(H,20,21);1H. The Morgan fingerprint density at radius 1 is 1.20 bits per heavy atom. The van der Waals surface area contributed by atoms with E-state index in [1.54, 1.807) is 23.1 Å². The average Bonchev–Trinajstić information content (AvgIpc) is 3.24. The number of hydrogen-bond acceptors (Lipinski definition) is 5. The van der Waals surface area contributed by atoms with Gasteiger partial charge >= 0.3 is 0 Å². The molecule has 7 heteroatoms. The van der Waals surface area contributed by atoms with E-state index in [1.165, 1.54) is 4.21 Å². The number of para-hydroxylation sites is 1. The summed E-state index contributed by atoms with van der Waals surface area (Å²) in [6.45, 7) is 1.51. The van der Waals surface area contributed by atoms with Gasteiger partial charge in [-0.3, -0.25) is 4.79 Å². The first-order chi connectivity index (χ1) is 11.8. The van der Waals surface area contributed by atoms with Crippen molar-refractivity contribution in [1.82, 2.24) is 10.6 Å². The highest BCUT2D eigenvalue weighted by Crippen LogP contribution is 2.33. The van der Waals surface area contributed by atoms with Crippen LogP contribution in [0.2, 0.25) is 0 Å². The molecular weight excluding hydrogens is 376 g/mol. The first-order valence-corrected chi connectivity index (χ1v) is 9.75. The minimum atomic E-state index is -0.135. The SMILES string of the molecule is CNCCCNC(=O)c1oc2ccccc2c1CSc1cccs1.Cl. The zero-order valence-electron chi connectivity index (χ0n) is 13.9. The summed E-state index contributed by atoms with van der Waals surface area (Å²) in [6.07, 6.45) is 0.891. The molecule has 0 saturated carbocycles. The minimum absolute atomic E-state index is 0. The molecule has 134 valence electrons. The van der Waals surface area contributed by atoms with Crippen LogP contribution in [-0.4, -0.2) is 26.0 Å². The number of thioether (sulfide) groups is 1. The van der Waals surface area contributed by atoms with E-state index in [4.69, 9.17) is 4.42 Å². The van der Waals surface area contributed by atoms with Crippen molar-refractivity contribution in [2.45, 2.75) is 16.4 Å². The lowest BCUT2D eigenvalue weighted by Gasteiger charge is -2.05. The van der Waals surface area contributed by atoms with Gasteiger partial charge in [0.1, 0.15) is 5.58 Å². The average molecular weight is 397 g/mol. The smallest absolute Gasteiger partial charge is 0.287 e. The monoisotopic (exact) mass is 396 g/mol. The second kappa shape index (κ2) is 9.87. The number of furan rings is 1. The molecule has 0 aliphatic rings. The second-order valence-corrected chi connectivity index (χ2v) is 7.56. The van der Waals surface area contributed by atoms with Crippen molar-refractivity contribution >= 4 is 52.4 Å². The predicted octanol–water partition coefficient (Wildman–Crippen LogP) is 4.55. The van der Waals surface area contributed by atoms with E-state index in [-0.39, 0.29) is 18.3 Å². The van der Waals surface area contributed by atoms with Crippen LogP contribution in [0.15, 0.2) is 50.4 Å². The molecule has 0 aliphatic heterocycles. The second-order valence-electron chi connectivity index (χ2n) is 5.34. The van der Waals surface area contributed by atoms with Crippen LogP contribution in [0, 0.1) is 0 Å². The van der Waals surface area contributed by atoms with Crippen LogP contribution in [-0.2, 0) is 5.75 Å². The number of thiophene rings is 1. The Hall–Kier alpha value is -1.47. The molecule has 0 atom stereocenters. The molecule has 0 radical (unpaired) electrons. The molecule has 0 unspecified atom stereocenters. The molecule has 4 nitrogen and oxygen atoms in total. The molecular formula is C18H21ClN2O2S2. The Morgan fingerprint density at radius 3 is 2.80 bits per heavy atom. The maximum Gasteiger partial charge on any atom is 0.287 e. The third-order valence-corrected chi connectivity index (χ3v) is 5.80. The first-order valence-electron chi connectivity index (χ1n) is 7.89. The van der Waals surface area contributed by atoms with Gasteiger partial charge in [0.05, 0.1) is 4.21 Å². The Labute approximate surface area is 161 Å². The summed E-state index contributed by atoms with van der Waals surface area (Å²) in [5.41, 5.74) is 1.73. The van der Waals surface area contributed by atoms with Crippen molar-refractivity contribution in [2.75, 3.05) is 20.1 Å². The third-order valence-electron chi connectivity index (χ3n) is 3.65. The number of hydrogen-bond donors (Lipinski definition) is 2. The molecule has 0 spiro atoms. The normalized spacial score (nSPS) is 10.6. The minimum Gasteiger partial charge on any atom is -0.451 e. The molecule has 3 aromatic rings. The number of carbonyl (C=O) groups is 1. The largest absolute Gasteiger partial charge is 0.451 e. The van der Waals surface area contributed by atoms with Crippen molar-refractivity contribution in [1.29, 1.82) is 0 Å². The van der Waals surface area contributed by atoms with Gasteiger partial charge in [0, 0.05) is 23.2 Å². The number of fused-ring (bicyclic) bond motifs is 1. The van der Waals surface area contributed by atoms with Crippen LogP contribution in [0.3, 0.4) is 0 Å². The van der Waals surface area contributed by atoms with E-state index in [0.717, 1.165) is 35.3 Å². The number of halogens is 1. The summed E-state index contributed by atoms with van der Waals surface area (Å²) in [5, 5.41) is 9.10. The Balaban J connectivity index is 0.00000225. The van der Waals surface area contributed by atoms with Gasteiger partial charge in [-0.2, -0.15) is 0 Å². The molecule has 0 aliphatic carbocycles. The molecule has 3 rings (SSSR count). The third kappa shape index (κ3) is 5.01.